The second kappa shape index (κ2) is 14.7. The molecule has 3 heteroatoms. The summed E-state index contributed by atoms with van der Waals surface area (Å²) in [6, 6.07) is 14.1. The van der Waals surface area contributed by atoms with Crippen LogP contribution in [0.5, 0.6) is 0 Å². The van der Waals surface area contributed by atoms with Crippen LogP contribution in [0.2, 0.25) is 0 Å². The van der Waals surface area contributed by atoms with Crippen molar-refractivity contribution in [3.05, 3.63) is 107 Å². The molecule has 0 atom stereocenters. The van der Waals surface area contributed by atoms with E-state index >= 15 is 0 Å². The highest BCUT2D eigenvalue weighted by Gasteiger charge is 2.12. The van der Waals surface area contributed by atoms with Crippen LogP contribution in [-0.2, 0) is 0 Å². The lowest BCUT2D eigenvalue weighted by Crippen LogP contribution is -2.21. The molecule has 0 fully saturated rings. The Balaban J connectivity index is 2.45. The summed E-state index contributed by atoms with van der Waals surface area (Å²) in [4.78, 5) is 17.2. The number of nitrogens with one attached hydrogen (secondary N) is 1. The van der Waals surface area contributed by atoms with E-state index in [1.165, 1.54) is 5.57 Å². The number of rotatable bonds is 11. The number of hydrogen-bond donors (Lipinski definition) is 1. The molecule has 0 bridgehead atoms. The maximum Gasteiger partial charge on any atom is 0.160 e. The first-order valence-electron chi connectivity index (χ1n) is 12.6. The minimum absolute atomic E-state index is 0.0633. The Kier molecular flexibility index (Phi) is 11.7. The average Bonchev–Trinajstić information content (AvgIpc) is 2.86. The van der Waals surface area contributed by atoms with Crippen LogP contribution in [0.4, 0.5) is 0 Å². The van der Waals surface area contributed by atoms with Gasteiger partial charge in [0, 0.05) is 11.1 Å². The van der Waals surface area contributed by atoms with Gasteiger partial charge in [0.2, 0.25) is 0 Å². The predicted octanol–water partition coefficient (Wildman–Crippen LogP) is 8.37. The molecule has 0 saturated heterocycles. The number of aryl methyl sites for hydroxylation is 1. The zero-order valence-corrected chi connectivity index (χ0v) is 22.2. The summed E-state index contributed by atoms with van der Waals surface area (Å²) in [5.74, 6) is 0.883. The number of carbonyl (C=O) groups is 1. The topological polar surface area (TPSA) is 41.5 Å². The van der Waals surface area contributed by atoms with Crippen molar-refractivity contribution in [2.45, 2.75) is 60.8 Å². The quantitative estimate of drug-likeness (QED) is 0.156. The van der Waals surface area contributed by atoms with Crippen LogP contribution in [0.25, 0.3) is 11.1 Å². The number of nitrogens with zero attached hydrogens (tertiary/aromatic N) is 1. The van der Waals surface area contributed by atoms with Gasteiger partial charge in [0.15, 0.2) is 5.78 Å². The summed E-state index contributed by atoms with van der Waals surface area (Å²) < 4.78 is 0. The number of ketones is 1. The van der Waals surface area contributed by atoms with Crippen molar-refractivity contribution in [2.75, 3.05) is 6.54 Å². The molecule has 0 aliphatic heterocycles. The van der Waals surface area contributed by atoms with Crippen molar-refractivity contribution in [2.24, 2.45) is 4.99 Å². The third-order valence-electron chi connectivity index (χ3n) is 5.79. The third-order valence-corrected chi connectivity index (χ3v) is 5.79. The maximum absolute atomic E-state index is 12.2. The number of allylic oxidation sites excluding steroid dienone is 5. The van der Waals surface area contributed by atoms with E-state index < -0.39 is 0 Å². The monoisotopic (exact) mass is 468 g/mol. The standard InChI is InChI=1S/C32H40N2O/c1-7-10-14-24(4)17-19-27(9-3)23-34-32(33-21-11-8-2)31-22-28(20-18-25(31)5)30-16-13-12-15-29(30)26(6)35/h9,11-22H,7-8,10,23H2,1-6H3,(H,33,34)/b19-17-,21-11+,24-14+,27-9+. The Labute approximate surface area is 212 Å². The van der Waals surface area contributed by atoms with Crippen LogP contribution < -0.4 is 5.32 Å². The van der Waals surface area contributed by atoms with E-state index in [0.29, 0.717) is 6.54 Å². The lowest BCUT2D eigenvalue weighted by molar-refractivity contribution is 0.101. The molecule has 35 heavy (non-hydrogen) atoms. The molecule has 0 aliphatic carbocycles. The summed E-state index contributed by atoms with van der Waals surface area (Å²) in [7, 11) is 0. The van der Waals surface area contributed by atoms with Gasteiger partial charge in [-0.2, -0.15) is 0 Å². The molecule has 0 aromatic heterocycles. The minimum atomic E-state index is 0.0633. The Morgan fingerprint density at radius 1 is 1.03 bits per heavy atom. The largest absolute Gasteiger partial charge is 0.347 e. The molecule has 0 saturated carbocycles. The highest BCUT2D eigenvalue weighted by atomic mass is 16.1. The van der Waals surface area contributed by atoms with Gasteiger partial charge < -0.3 is 5.32 Å². The van der Waals surface area contributed by atoms with E-state index in [0.717, 1.165) is 58.5 Å². The van der Waals surface area contributed by atoms with Gasteiger partial charge in [-0.1, -0.05) is 92.6 Å². The van der Waals surface area contributed by atoms with Gasteiger partial charge in [-0.15, -0.1) is 0 Å². The SMILES string of the molecule is C\C=C(/C=C\C(C)=C\CCC)CN=C(N/C=C/CC)c1cc(-c2ccccc2C(C)=O)ccc1C. The number of hydrogen-bond acceptors (Lipinski definition) is 2. The van der Waals surface area contributed by atoms with Gasteiger partial charge in [-0.05, 0) is 75.1 Å². The summed E-state index contributed by atoms with van der Waals surface area (Å²) in [5, 5.41) is 3.41. The number of aliphatic imine (C=N–C) groups is 1. The molecular weight excluding hydrogens is 428 g/mol. The van der Waals surface area contributed by atoms with Crippen LogP contribution in [-0.4, -0.2) is 18.2 Å². The molecule has 0 amide bonds. The van der Waals surface area contributed by atoms with E-state index in [2.05, 4.69) is 88.5 Å². The van der Waals surface area contributed by atoms with E-state index in [4.69, 9.17) is 4.99 Å². The number of benzene rings is 2. The van der Waals surface area contributed by atoms with Gasteiger partial charge in [0.25, 0.3) is 0 Å². The first-order chi connectivity index (χ1) is 16.9. The molecule has 0 heterocycles. The molecule has 0 unspecified atom stereocenters. The molecule has 2 aromatic carbocycles. The number of unbranched alkanes of at least 4 members (excludes halogenated alkanes) is 1. The fourth-order valence-electron chi connectivity index (χ4n) is 3.64. The zero-order chi connectivity index (χ0) is 25.6. The van der Waals surface area contributed by atoms with Crippen LogP contribution in [0, 0.1) is 6.92 Å². The van der Waals surface area contributed by atoms with E-state index in [1.54, 1.807) is 6.92 Å². The van der Waals surface area contributed by atoms with Crippen molar-refractivity contribution in [3.63, 3.8) is 0 Å². The van der Waals surface area contributed by atoms with Crippen molar-refractivity contribution in [3.8, 4) is 11.1 Å². The third kappa shape index (κ3) is 8.68. The Hall–Kier alpha value is -3.46. The average molecular weight is 469 g/mol. The van der Waals surface area contributed by atoms with E-state index in [9.17, 15) is 4.79 Å². The number of Topliss-reactive ketones (excluding diaryl/α,β-unsaturated/α-hetero) is 1. The van der Waals surface area contributed by atoms with Gasteiger partial charge in [-0.3, -0.25) is 9.79 Å². The summed E-state index contributed by atoms with van der Waals surface area (Å²) in [5.41, 5.74) is 7.26. The molecule has 184 valence electrons. The van der Waals surface area contributed by atoms with Crippen LogP contribution in [0.1, 0.15) is 75.4 Å². The molecule has 0 radical (unpaired) electrons. The van der Waals surface area contributed by atoms with Crippen LogP contribution in [0.3, 0.4) is 0 Å². The molecule has 2 aromatic rings. The lowest BCUT2D eigenvalue weighted by Gasteiger charge is -2.14. The Morgan fingerprint density at radius 2 is 1.80 bits per heavy atom. The Morgan fingerprint density at radius 3 is 2.49 bits per heavy atom. The van der Waals surface area contributed by atoms with Gasteiger partial charge in [-0.25, -0.2) is 0 Å². The first kappa shape index (κ1) is 27.8. The highest BCUT2D eigenvalue weighted by Crippen LogP contribution is 2.26. The Bertz CT molecular complexity index is 1150. The molecule has 0 spiro atoms. The van der Waals surface area contributed by atoms with Crippen molar-refractivity contribution in [1.29, 1.82) is 0 Å². The first-order valence-corrected chi connectivity index (χ1v) is 12.6. The maximum atomic E-state index is 12.2. The van der Waals surface area contributed by atoms with Crippen molar-refractivity contribution >= 4 is 11.6 Å². The number of carbonyl (C=O) groups excluding carboxylic acids is 1. The van der Waals surface area contributed by atoms with Crippen molar-refractivity contribution in [1.82, 2.24) is 5.32 Å². The minimum Gasteiger partial charge on any atom is -0.347 e. The molecular formula is C32H40N2O. The lowest BCUT2D eigenvalue weighted by atomic mass is 9.94. The smallest absolute Gasteiger partial charge is 0.160 e. The van der Waals surface area contributed by atoms with Gasteiger partial charge >= 0.3 is 0 Å². The molecule has 0 aliphatic rings. The highest BCUT2D eigenvalue weighted by molar-refractivity contribution is 6.04. The van der Waals surface area contributed by atoms with Gasteiger partial charge in [0.05, 0.1) is 6.54 Å². The predicted molar refractivity (Wildman–Crippen MR) is 152 cm³/mol. The summed E-state index contributed by atoms with van der Waals surface area (Å²) in [6.45, 7) is 12.8. The molecule has 1 N–H and O–H groups in total. The summed E-state index contributed by atoms with van der Waals surface area (Å²) >= 11 is 0. The molecule has 2 rings (SSSR count). The van der Waals surface area contributed by atoms with Crippen LogP contribution >= 0.6 is 0 Å². The zero-order valence-electron chi connectivity index (χ0n) is 22.2. The van der Waals surface area contributed by atoms with Crippen molar-refractivity contribution < 1.29 is 4.79 Å². The second-order valence-corrected chi connectivity index (χ2v) is 8.68. The van der Waals surface area contributed by atoms with Crippen LogP contribution in [0.15, 0.2) is 95.2 Å². The van der Waals surface area contributed by atoms with Gasteiger partial charge in [0.1, 0.15) is 5.84 Å². The summed E-state index contributed by atoms with van der Waals surface area (Å²) in [6.07, 6.45) is 15.9. The van der Waals surface area contributed by atoms with E-state index in [-0.39, 0.29) is 5.78 Å². The van der Waals surface area contributed by atoms with E-state index in [1.807, 2.05) is 30.5 Å². The second-order valence-electron chi connectivity index (χ2n) is 8.68. The molecule has 3 nitrogen and oxygen atoms in total. The fourth-order valence-corrected chi connectivity index (χ4v) is 3.64. The fraction of sp³-hybridized carbons (Fsp3) is 0.312. The normalized spacial score (nSPS) is 13.1. The number of amidine groups is 1.